The minimum atomic E-state index is -1.22. The van der Waals surface area contributed by atoms with Crippen LogP contribution in [0.5, 0.6) is 0 Å². The predicted molar refractivity (Wildman–Crippen MR) is 93.1 cm³/mol. The molecule has 9 N–H and O–H groups in total. The summed E-state index contributed by atoms with van der Waals surface area (Å²) in [5, 5.41) is 29.5. The molecule has 0 radical (unpaired) electrons. The van der Waals surface area contributed by atoms with E-state index in [1.165, 1.54) is 17.2 Å². The number of rotatable bonds is 7. The maximum Gasteiger partial charge on any atom is 0.320 e. The van der Waals surface area contributed by atoms with Crippen LogP contribution in [0.15, 0.2) is 12.7 Å². The van der Waals surface area contributed by atoms with Gasteiger partial charge in [-0.1, -0.05) is 0 Å². The molecule has 1 aliphatic heterocycles. The number of fused-ring (bicyclic) bond motifs is 1. The Kier molecular flexibility index (Phi) is 5.53. The molecule has 2 aromatic rings. The third-order valence-electron chi connectivity index (χ3n) is 4.70. The second-order valence-corrected chi connectivity index (χ2v) is 6.65. The van der Waals surface area contributed by atoms with Crippen molar-refractivity contribution < 1.29 is 24.9 Å². The third-order valence-corrected chi connectivity index (χ3v) is 4.70. The Hall–Kier alpha value is -2.38. The van der Waals surface area contributed by atoms with Crippen molar-refractivity contribution >= 4 is 23.0 Å². The number of aliphatic hydroxyl groups is 2. The lowest BCUT2D eigenvalue weighted by atomic mass is 9.98. The Morgan fingerprint density at radius 3 is 2.67 bits per heavy atom. The van der Waals surface area contributed by atoms with E-state index < -0.39 is 42.6 Å². The molecule has 0 aromatic carbocycles. The third kappa shape index (κ3) is 3.84. The van der Waals surface area contributed by atoms with Crippen molar-refractivity contribution in [2.75, 3.05) is 5.73 Å². The molecule has 12 heteroatoms. The van der Waals surface area contributed by atoms with E-state index in [1.54, 1.807) is 0 Å². The van der Waals surface area contributed by atoms with Crippen LogP contribution in [0.1, 0.15) is 25.5 Å². The van der Waals surface area contributed by atoms with Gasteiger partial charge in [-0.25, -0.2) is 15.0 Å². The number of nitrogens with two attached hydrogens (primary N) is 3. The molecule has 148 valence electrons. The van der Waals surface area contributed by atoms with E-state index in [0.717, 1.165) is 0 Å². The number of aliphatic hydroxyl groups excluding tert-OH is 2. The molecule has 27 heavy (non-hydrogen) atoms. The van der Waals surface area contributed by atoms with Gasteiger partial charge in [-0.05, 0) is 19.3 Å². The lowest BCUT2D eigenvalue weighted by Gasteiger charge is -2.20. The molecule has 0 spiro atoms. The van der Waals surface area contributed by atoms with Gasteiger partial charge in [0.2, 0.25) is 0 Å². The highest BCUT2D eigenvalue weighted by Gasteiger charge is 2.44. The van der Waals surface area contributed by atoms with Crippen LogP contribution in [0.25, 0.3) is 11.2 Å². The van der Waals surface area contributed by atoms with Gasteiger partial charge in [0.15, 0.2) is 17.7 Å². The quantitative estimate of drug-likeness (QED) is 0.307. The molecule has 0 aliphatic carbocycles. The molecule has 1 aliphatic rings. The number of anilines is 1. The van der Waals surface area contributed by atoms with Crippen LogP contribution in [0.3, 0.4) is 0 Å². The topological polar surface area (TPSA) is 209 Å². The van der Waals surface area contributed by atoms with E-state index >= 15 is 0 Å². The molecule has 6 atom stereocenters. The molecule has 12 nitrogen and oxygen atoms in total. The van der Waals surface area contributed by atoms with Gasteiger partial charge in [0.25, 0.3) is 0 Å². The first kappa shape index (κ1) is 19.4. The number of nitrogen functional groups attached to an aromatic ring is 1. The number of hydrogen-bond acceptors (Lipinski definition) is 10. The van der Waals surface area contributed by atoms with Gasteiger partial charge in [-0.15, -0.1) is 0 Å². The van der Waals surface area contributed by atoms with Gasteiger partial charge >= 0.3 is 5.97 Å². The summed E-state index contributed by atoms with van der Waals surface area (Å²) in [7, 11) is 0. The number of carboxylic acid groups (broad SMARTS) is 1. The summed E-state index contributed by atoms with van der Waals surface area (Å²) in [6, 6.07) is -1.44. The van der Waals surface area contributed by atoms with E-state index in [4.69, 9.17) is 27.0 Å². The number of hydrogen-bond donors (Lipinski definition) is 6. The second-order valence-electron chi connectivity index (χ2n) is 6.65. The summed E-state index contributed by atoms with van der Waals surface area (Å²) in [5.41, 5.74) is 18.0. The highest BCUT2D eigenvalue weighted by molar-refractivity contribution is 5.81. The number of ether oxygens (including phenoxy) is 1. The van der Waals surface area contributed by atoms with E-state index in [1.807, 2.05) is 0 Å². The monoisotopic (exact) mass is 381 g/mol. The molecule has 0 saturated carbocycles. The molecule has 0 amide bonds. The largest absolute Gasteiger partial charge is 0.480 e. The zero-order chi connectivity index (χ0) is 19.7. The fraction of sp³-hybridized carbons (Fsp3) is 0.600. The zero-order valence-electron chi connectivity index (χ0n) is 14.4. The predicted octanol–water partition coefficient (Wildman–Crippen LogP) is -2.06. The van der Waals surface area contributed by atoms with Crippen molar-refractivity contribution in [1.29, 1.82) is 0 Å². The van der Waals surface area contributed by atoms with Crippen LogP contribution in [-0.2, 0) is 9.53 Å². The van der Waals surface area contributed by atoms with Gasteiger partial charge in [-0.3, -0.25) is 9.36 Å². The van der Waals surface area contributed by atoms with Crippen molar-refractivity contribution in [1.82, 2.24) is 19.5 Å². The number of aliphatic carboxylic acids is 1. The minimum Gasteiger partial charge on any atom is -0.480 e. The van der Waals surface area contributed by atoms with Crippen molar-refractivity contribution in [2.24, 2.45) is 11.5 Å². The lowest BCUT2D eigenvalue weighted by molar-refractivity contribution is -0.138. The molecular weight excluding hydrogens is 358 g/mol. The molecule has 2 aromatic heterocycles. The number of carbonyl (C=O) groups is 1. The summed E-state index contributed by atoms with van der Waals surface area (Å²) in [5.74, 6) is -0.900. The number of imidazole rings is 1. The normalized spacial score (nSPS) is 27.7. The summed E-state index contributed by atoms with van der Waals surface area (Å²) in [6.07, 6.45) is -0.604. The zero-order valence-corrected chi connectivity index (χ0v) is 14.4. The fourth-order valence-electron chi connectivity index (χ4n) is 3.14. The van der Waals surface area contributed by atoms with Crippen molar-refractivity contribution in [3.63, 3.8) is 0 Å². The average molecular weight is 381 g/mol. The Labute approximate surface area is 154 Å². The maximum absolute atomic E-state index is 10.8. The molecule has 2 unspecified atom stereocenters. The van der Waals surface area contributed by atoms with Gasteiger partial charge < -0.3 is 37.3 Å². The van der Waals surface area contributed by atoms with Crippen LogP contribution in [0.2, 0.25) is 0 Å². The Morgan fingerprint density at radius 2 is 1.96 bits per heavy atom. The molecular formula is C15H23N7O5. The van der Waals surface area contributed by atoms with E-state index in [0.29, 0.717) is 17.6 Å². The second kappa shape index (κ2) is 7.70. The Balaban J connectivity index is 1.68. The Morgan fingerprint density at radius 1 is 1.22 bits per heavy atom. The van der Waals surface area contributed by atoms with Crippen molar-refractivity contribution in [3.05, 3.63) is 12.7 Å². The van der Waals surface area contributed by atoms with Crippen LogP contribution in [-0.4, -0.2) is 71.2 Å². The van der Waals surface area contributed by atoms with Crippen molar-refractivity contribution in [2.45, 2.75) is 55.9 Å². The summed E-state index contributed by atoms with van der Waals surface area (Å²) < 4.78 is 7.28. The van der Waals surface area contributed by atoms with Gasteiger partial charge in [-0.2, -0.15) is 0 Å². The summed E-state index contributed by atoms with van der Waals surface area (Å²) >= 11 is 0. The van der Waals surface area contributed by atoms with Crippen LogP contribution in [0, 0.1) is 0 Å². The SMILES string of the molecule is Nc1ncnc2c1ncn2[C@@H]1O[C@H](CC(N)CCC(N)C(=O)O)[C@@H](O)[C@H]1O. The van der Waals surface area contributed by atoms with E-state index in [2.05, 4.69) is 15.0 Å². The first-order valence-electron chi connectivity index (χ1n) is 8.48. The van der Waals surface area contributed by atoms with E-state index in [-0.39, 0.29) is 18.7 Å². The minimum absolute atomic E-state index is 0.195. The molecule has 1 fully saturated rings. The van der Waals surface area contributed by atoms with Gasteiger partial charge in [0, 0.05) is 6.04 Å². The van der Waals surface area contributed by atoms with Crippen LogP contribution >= 0.6 is 0 Å². The standard InChI is InChI=1S/C15H23N7O5/c16-6(1-2-7(17)15(25)26)3-8-10(23)11(24)14(27-8)22-5-21-9-12(18)19-4-20-13(9)22/h4-8,10-11,14,23-24H,1-3,16-17H2,(H,25,26)(H2,18,19,20)/t6?,7?,8-,10-,11-,14-/m1/s1. The lowest BCUT2D eigenvalue weighted by Crippen LogP contribution is -2.37. The number of nitrogens with zero attached hydrogens (tertiary/aromatic N) is 4. The van der Waals surface area contributed by atoms with Crippen LogP contribution < -0.4 is 17.2 Å². The van der Waals surface area contributed by atoms with E-state index in [9.17, 15) is 15.0 Å². The highest BCUT2D eigenvalue weighted by Crippen LogP contribution is 2.33. The first-order valence-corrected chi connectivity index (χ1v) is 8.48. The van der Waals surface area contributed by atoms with Gasteiger partial charge in [0.05, 0.1) is 12.4 Å². The Bertz CT molecular complexity index is 815. The maximum atomic E-state index is 10.8. The van der Waals surface area contributed by atoms with Gasteiger partial charge in [0.1, 0.15) is 30.1 Å². The molecule has 0 bridgehead atoms. The van der Waals surface area contributed by atoms with Crippen molar-refractivity contribution in [3.8, 4) is 0 Å². The number of aromatic nitrogens is 4. The fourth-order valence-corrected chi connectivity index (χ4v) is 3.14. The highest BCUT2D eigenvalue weighted by atomic mass is 16.6. The summed E-state index contributed by atoms with van der Waals surface area (Å²) in [4.78, 5) is 22.8. The molecule has 3 heterocycles. The molecule has 1 saturated heterocycles. The summed E-state index contributed by atoms with van der Waals surface area (Å²) in [6.45, 7) is 0. The van der Waals surface area contributed by atoms with Crippen LogP contribution in [0.4, 0.5) is 5.82 Å². The molecule has 3 rings (SSSR count). The average Bonchev–Trinajstić information content (AvgIpc) is 3.17. The smallest absolute Gasteiger partial charge is 0.320 e. The first-order chi connectivity index (χ1) is 12.8. The number of carboxylic acids is 1.